The Hall–Kier alpha value is -0.160. The molecule has 10 heavy (non-hydrogen) atoms. The lowest BCUT2D eigenvalue weighted by atomic mass is 10.3. The monoisotopic (exact) mass is 269 g/mol. The Morgan fingerprint density at radius 1 is 1.50 bits per heavy atom. The van der Waals surface area contributed by atoms with Crippen LogP contribution in [0.25, 0.3) is 0 Å². The van der Waals surface area contributed by atoms with Crippen molar-refractivity contribution in [2.75, 3.05) is 5.73 Å². The number of benzene rings is 1. The SMILES string of the molecule is Nc1cc(Cl)c(I)cc1O. The van der Waals surface area contributed by atoms with Crippen LogP contribution in [0.5, 0.6) is 5.75 Å². The zero-order valence-corrected chi connectivity index (χ0v) is 7.85. The number of nitrogen functional groups attached to an aromatic ring is 1. The van der Waals surface area contributed by atoms with Crippen LogP contribution in [0.2, 0.25) is 5.02 Å². The van der Waals surface area contributed by atoms with Crippen molar-refractivity contribution >= 4 is 39.9 Å². The largest absolute Gasteiger partial charge is 0.506 e. The van der Waals surface area contributed by atoms with Crippen molar-refractivity contribution in [3.8, 4) is 5.75 Å². The Morgan fingerprint density at radius 2 is 2.10 bits per heavy atom. The first-order valence-electron chi connectivity index (χ1n) is 2.54. The summed E-state index contributed by atoms with van der Waals surface area (Å²) in [6.45, 7) is 0. The van der Waals surface area contributed by atoms with E-state index in [2.05, 4.69) is 0 Å². The number of phenolic OH excluding ortho intramolecular Hbond substituents is 1. The van der Waals surface area contributed by atoms with Crippen LogP contribution >= 0.6 is 34.2 Å². The van der Waals surface area contributed by atoms with Crippen LogP contribution in [-0.2, 0) is 0 Å². The lowest BCUT2D eigenvalue weighted by molar-refractivity contribution is 0.477. The Balaban J connectivity index is 3.28. The molecule has 0 radical (unpaired) electrons. The van der Waals surface area contributed by atoms with Gasteiger partial charge < -0.3 is 10.8 Å². The van der Waals surface area contributed by atoms with Crippen molar-refractivity contribution in [2.24, 2.45) is 0 Å². The summed E-state index contributed by atoms with van der Waals surface area (Å²) < 4.78 is 0.797. The molecule has 0 aliphatic heterocycles. The van der Waals surface area contributed by atoms with E-state index in [1.807, 2.05) is 22.6 Å². The van der Waals surface area contributed by atoms with E-state index in [-0.39, 0.29) is 5.75 Å². The maximum atomic E-state index is 9.04. The molecule has 0 aromatic heterocycles. The van der Waals surface area contributed by atoms with Crippen molar-refractivity contribution < 1.29 is 5.11 Å². The van der Waals surface area contributed by atoms with Crippen LogP contribution in [0.15, 0.2) is 12.1 Å². The van der Waals surface area contributed by atoms with Crippen molar-refractivity contribution in [3.05, 3.63) is 20.7 Å². The molecule has 0 saturated carbocycles. The van der Waals surface area contributed by atoms with Gasteiger partial charge in [0, 0.05) is 3.57 Å². The Bertz CT molecular complexity index is 214. The zero-order chi connectivity index (χ0) is 7.72. The number of anilines is 1. The number of halogens is 2. The van der Waals surface area contributed by atoms with Gasteiger partial charge in [0.2, 0.25) is 0 Å². The Kier molecular flexibility index (Phi) is 2.25. The molecule has 1 aromatic carbocycles. The van der Waals surface area contributed by atoms with E-state index in [9.17, 15) is 0 Å². The highest BCUT2D eigenvalue weighted by Crippen LogP contribution is 2.28. The van der Waals surface area contributed by atoms with Crippen LogP contribution in [0.1, 0.15) is 0 Å². The highest BCUT2D eigenvalue weighted by Gasteiger charge is 2.01. The standard InChI is InChI=1S/C6H5ClINO/c7-3-1-5(9)6(10)2-4(3)8/h1-2,10H,9H2. The number of aromatic hydroxyl groups is 1. The molecular formula is C6H5ClINO. The summed E-state index contributed by atoms with van der Waals surface area (Å²) in [7, 11) is 0. The number of hydrogen-bond acceptors (Lipinski definition) is 2. The summed E-state index contributed by atoms with van der Waals surface area (Å²) in [5.41, 5.74) is 5.66. The predicted molar refractivity (Wildman–Crippen MR) is 50.2 cm³/mol. The second kappa shape index (κ2) is 2.84. The smallest absolute Gasteiger partial charge is 0.139 e. The van der Waals surface area contributed by atoms with Gasteiger partial charge in [0.1, 0.15) is 5.75 Å². The maximum Gasteiger partial charge on any atom is 0.139 e. The molecule has 3 N–H and O–H groups in total. The molecule has 0 amide bonds. The summed E-state index contributed by atoms with van der Waals surface area (Å²) in [4.78, 5) is 0. The Morgan fingerprint density at radius 3 is 2.60 bits per heavy atom. The second-order valence-electron chi connectivity index (χ2n) is 1.83. The molecule has 0 aliphatic rings. The quantitative estimate of drug-likeness (QED) is 0.431. The molecule has 0 spiro atoms. The molecule has 0 fully saturated rings. The minimum Gasteiger partial charge on any atom is -0.506 e. The van der Waals surface area contributed by atoms with Gasteiger partial charge in [-0.05, 0) is 34.7 Å². The molecule has 1 rings (SSSR count). The van der Waals surface area contributed by atoms with Crippen LogP contribution in [0, 0.1) is 3.57 Å². The molecule has 0 unspecified atom stereocenters. The summed E-state index contributed by atoms with van der Waals surface area (Å²) in [5, 5.41) is 9.60. The molecule has 54 valence electrons. The molecular weight excluding hydrogens is 264 g/mol. The maximum absolute atomic E-state index is 9.04. The third-order valence-electron chi connectivity index (χ3n) is 1.07. The summed E-state index contributed by atoms with van der Waals surface area (Å²) >= 11 is 7.71. The molecule has 0 aliphatic carbocycles. The second-order valence-corrected chi connectivity index (χ2v) is 3.39. The van der Waals surface area contributed by atoms with E-state index < -0.39 is 0 Å². The number of nitrogens with two attached hydrogens (primary N) is 1. The van der Waals surface area contributed by atoms with Crippen LogP contribution in [0.4, 0.5) is 5.69 Å². The number of rotatable bonds is 0. The first-order valence-corrected chi connectivity index (χ1v) is 4.00. The minimum atomic E-state index is 0.0776. The van der Waals surface area contributed by atoms with E-state index in [0.717, 1.165) is 3.57 Å². The fourth-order valence-electron chi connectivity index (χ4n) is 0.552. The molecule has 2 nitrogen and oxygen atoms in total. The van der Waals surface area contributed by atoms with Gasteiger partial charge in [0.15, 0.2) is 0 Å². The molecule has 1 aromatic rings. The molecule has 0 bridgehead atoms. The highest BCUT2D eigenvalue weighted by molar-refractivity contribution is 14.1. The third-order valence-corrected chi connectivity index (χ3v) is 2.59. The minimum absolute atomic E-state index is 0.0776. The van der Waals surface area contributed by atoms with Crippen LogP contribution in [-0.4, -0.2) is 5.11 Å². The van der Waals surface area contributed by atoms with Gasteiger partial charge >= 0.3 is 0 Å². The topological polar surface area (TPSA) is 46.2 Å². The number of phenols is 1. The molecule has 0 saturated heterocycles. The third kappa shape index (κ3) is 1.46. The van der Waals surface area contributed by atoms with Gasteiger partial charge in [-0.25, -0.2) is 0 Å². The predicted octanol–water partition coefficient (Wildman–Crippen LogP) is 2.23. The lowest BCUT2D eigenvalue weighted by Crippen LogP contribution is -1.86. The fraction of sp³-hybridized carbons (Fsp3) is 0. The van der Waals surface area contributed by atoms with Crippen molar-refractivity contribution in [2.45, 2.75) is 0 Å². The van der Waals surface area contributed by atoms with Gasteiger partial charge in [-0.2, -0.15) is 0 Å². The summed E-state index contributed by atoms with van der Waals surface area (Å²) in [6, 6.07) is 3.05. The van der Waals surface area contributed by atoms with E-state index in [4.69, 9.17) is 22.4 Å². The molecule has 0 atom stereocenters. The normalized spacial score (nSPS) is 9.80. The zero-order valence-electron chi connectivity index (χ0n) is 4.94. The van der Waals surface area contributed by atoms with Gasteiger partial charge in [-0.1, -0.05) is 11.6 Å². The van der Waals surface area contributed by atoms with Crippen molar-refractivity contribution in [1.29, 1.82) is 0 Å². The van der Waals surface area contributed by atoms with Gasteiger partial charge in [-0.3, -0.25) is 0 Å². The average molecular weight is 269 g/mol. The fourth-order valence-corrected chi connectivity index (χ4v) is 1.17. The molecule has 4 heteroatoms. The summed E-state index contributed by atoms with van der Waals surface area (Å²) in [5.74, 6) is 0.0776. The van der Waals surface area contributed by atoms with E-state index in [0.29, 0.717) is 10.7 Å². The van der Waals surface area contributed by atoms with Gasteiger partial charge in [-0.15, -0.1) is 0 Å². The van der Waals surface area contributed by atoms with E-state index >= 15 is 0 Å². The van der Waals surface area contributed by atoms with Crippen molar-refractivity contribution in [3.63, 3.8) is 0 Å². The highest BCUT2D eigenvalue weighted by atomic mass is 127. The van der Waals surface area contributed by atoms with Gasteiger partial charge in [0.25, 0.3) is 0 Å². The average Bonchev–Trinajstić information content (AvgIpc) is 1.84. The summed E-state index contributed by atoms with van der Waals surface area (Å²) in [6.07, 6.45) is 0. The van der Waals surface area contributed by atoms with E-state index in [1.165, 1.54) is 12.1 Å². The lowest BCUT2D eigenvalue weighted by Gasteiger charge is -1.99. The molecule has 0 heterocycles. The first kappa shape index (κ1) is 7.94. The van der Waals surface area contributed by atoms with Crippen molar-refractivity contribution in [1.82, 2.24) is 0 Å². The van der Waals surface area contributed by atoms with Crippen LogP contribution in [0.3, 0.4) is 0 Å². The van der Waals surface area contributed by atoms with E-state index in [1.54, 1.807) is 0 Å². The Labute approximate surface area is 77.1 Å². The first-order chi connectivity index (χ1) is 4.61. The van der Waals surface area contributed by atoms with Crippen LogP contribution < -0.4 is 5.73 Å². The van der Waals surface area contributed by atoms with Gasteiger partial charge in [0.05, 0.1) is 10.7 Å². The number of hydrogen-bond donors (Lipinski definition) is 2.